The van der Waals surface area contributed by atoms with Gasteiger partial charge in [0, 0.05) is 58.2 Å². The van der Waals surface area contributed by atoms with Gasteiger partial charge in [0.1, 0.15) is 0 Å². The molecule has 33 heavy (non-hydrogen) atoms. The Labute approximate surface area is 202 Å². The maximum atomic E-state index is 12.6. The highest BCUT2D eigenvalue weighted by molar-refractivity contribution is 6.42. The summed E-state index contributed by atoms with van der Waals surface area (Å²) in [5, 5.41) is 9.92. The predicted octanol–water partition coefficient (Wildman–Crippen LogP) is 2.78. The van der Waals surface area contributed by atoms with Gasteiger partial charge in [-0.1, -0.05) is 29.3 Å². The van der Waals surface area contributed by atoms with Crippen molar-refractivity contribution in [1.29, 1.82) is 0 Å². The zero-order chi connectivity index (χ0) is 24.0. The summed E-state index contributed by atoms with van der Waals surface area (Å²) in [5.41, 5.74) is 0.746. The number of likely N-dealkylation sites (tertiary alicyclic amines) is 1. The summed E-state index contributed by atoms with van der Waals surface area (Å²) in [6, 6.07) is 5.08. The zero-order valence-corrected chi connectivity index (χ0v) is 19.7. The fourth-order valence-electron chi connectivity index (χ4n) is 3.98. The number of piperidine rings is 1. The average Bonchev–Trinajstić information content (AvgIpc) is 2.99. The van der Waals surface area contributed by atoms with Crippen molar-refractivity contribution in [3.8, 4) is 0 Å². The van der Waals surface area contributed by atoms with Crippen molar-refractivity contribution in [3.63, 3.8) is 0 Å². The summed E-state index contributed by atoms with van der Waals surface area (Å²) in [4.78, 5) is 53.5. The number of amides is 3. The molecule has 0 spiro atoms. The lowest BCUT2D eigenvalue weighted by atomic mass is 9.97. The number of hydrogen-bond donors (Lipinski definition) is 1. The molecule has 1 aromatic rings. The molecule has 3 rings (SSSR count). The molecular weight excluding hydrogens is 469 g/mol. The van der Waals surface area contributed by atoms with E-state index in [-0.39, 0.29) is 37.1 Å². The molecule has 1 aromatic carbocycles. The van der Waals surface area contributed by atoms with Crippen molar-refractivity contribution in [3.05, 3.63) is 39.9 Å². The predicted molar refractivity (Wildman–Crippen MR) is 125 cm³/mol. The molecule has 10 heteroatoms. The largest absolute Gasteiger partial charge is 0.481 e. The van der Waals surface area contributed by atoms with Gasteiger partial charge in [-0.3, -0.25) is 19.2 Å². The van der Waals surface area contributed by atoms with Crippen LogP contribution in [0.25, 0.3) is 6.08 Å². The number of rotatable bonds is 6. The van der Waals surface area contributed by atoms with Gasteiger partial charge in [0.05, 0.1) is 16.0 Å². The van der Waals surface area contributed by atoms with Crippen molar-refractivity contribution >= 4 is 53.0 Å². The van der Waals surface area contributed by atoms with Crippen molar-refractivity contribution in [2.45, 2.75) is 25.7 Å². The van der Waals surface area contributed by atoms with Crippen LogP contribution in [0.2, 0.25) is 10.0 Å². The molecule has 2 aliphatic rings. The lowest BCUT2D eigenvalue weighted by Crippen LogP contribution is -2.42. The summed E-state index contributed by atoms with van der Waals surface area (Å²) >= 11 is 11.9. The quantitative estimate of drug-likeness (QED) is 0.611. The molecule has 2 aliphatic heterocycles. The second-order valence-electron chi connectivity index (χ2n) is 8.21. The van der Waals surface area contributed by atoms with Crippen LogP contribution >= 0.6 is 23.2 Å². The zero-order valence-electron chi connectivity index (χ0n) is 18.2. The lowest BCUT2D eigenvalue weighted by molar-refractivity contribution is -0.146. The molecule has 0 atom stereocenters. The van der Waals surface area contributed by atoms with Gasteiger partial charge in [-0.25, -0.2) is 0 Å². The minimum absolute atomic E-state index is 0.0756. The second-order valence-corrected chi connectivity index (χ2v) is 9.02. The summed E-state index contributed by atoms with van der Waals surface area (Å²) in [6.45, 7) is 2.20. The average molecular weight is 496 g/mol. The Morgan fingerprint density at radius 3 is 2.39 bits per heavy atom. The summed E-state index contributed by atoms with van der Waals surface area (Å²) in [5.74, 6) is -1.57. The van der Waals surface area contributed by atoms with Gasteiger partial charge in [-0.15, -0.1) is 0 Å². The smallest absolute Gasteiger partial charge is 0.306 e. The third-order valence-corrected chi connectivity index (χ3v) is 6.79. The molecule has 3 amide bonds. The number of hydrogen-bond acceptors (Lipinski definition) is 4. The molecule has 0 radical (unpaired) electrons. The van der Waals surface area contributed by atoms with Crippen LogP contribution in [0.5, 0.6) is 0 Å². The minimum Gasteiger partial charge on any atom is -0.481 e. The maximum absolute atomic E-state index is 12.6. The van der Waals surface area contributed by atoms with Gasteiger partial charge in [0.15, 0.2) is 0 Å². The van der Waals surface area contributed by atoms with Crippen molar-refractivity contribution in [2.24, 2.45) is 5.92 Å². The van der Waals surface area contributed by atoms with Crippen LogP contribution in [0.15, 0.2) is 24.3 Å². The molecule has 0 aromatic heterocycles. The first kappa shape index (κ1) is 25.1. The van der Waals surface area contributed by atoms with Gasteiger partial charge in [-0.2, -0.15) is 0 Å². The monoisotopic (exact) mass is 495 g/mol. The molecule has 178 valence electrons. The summed E-state index contributed by atoms with van der Waals surface area (Å²) in [6.07, 6.45) is 4.40. The van der Waals surface area contributed by atoms with Gasteiger partial charge in [-0.05, 0) is 36.6 Å². The van der Waals surface area contributed by atoms with Gasteiger partial charge in [0.25, 0.3) is 0 Å². The Bertz CT molecular complexity index is 944. The van der Waals surface area contributed by atoms with E-state index in [0.29, 0.717) is 55.6 Å². The van der Waals surface area contributed by atoms with E-state index in [1.165, 1.54) is 6.08 Å². The van der Waals surface area contributed by atoms with E-state index in [0.717, 1.165) is 5.56 Å². The topological polar surface area (TPSA) is 98.2 Å². The van der Waals surface area contributed by atoms with E-state index in [1.807, 2.05) is 0 Å². The van der Waals surface area contributed by atoms with E-state index in [2.05, 4.69) is 0 Å². The molecule has 0 aliphatic carbocycles. The third-order valence-electron chi connectivity index (χ3n) is 6.05. The number of aliphatic carboxylic acids is 1. The Balaban J connectivity index is 1.47. The van der Waals surface area contributed by atoms with Gasteiger partial charge >= 0.3 is 5.97 Å². The van der Waals surface area contributed by atoms with Crippen LogP contribution in [-0.4, -0.2) is 82.8 Å². The Hall–Kier alpha value is -2.58. The number of carboxylic acid groups (broad SMARTS) is 1. The Morgan fingerprint density at radius 2 is 1.73 bits per heavy atom. The fourth-order valence-corrected chi connectivity index (χ4v) is 4.28. The van der Waals surface area contributed by atoms with E-state index >= 15 is 0 Å². The molecule has 2 saturated heterocycles. The van der Waals surface area contributed by atoms with E-state index in [9.17, 15) is 19.2 Å². The van der Waals surface area contributed by atoms with E-state index in [4.69, 9.17) is 28.3 Å². The number of carbonyl (C=O) groups excluding carboxylic acids is 3. The highest BCUT2D eigenvalue weighted by Gasteiger charge is 2.28. The summed E-state index contributed by atoms with van der Waals surface area (Å²) in [7, 11) is 0. The summed E-state index contributed by atoms with van der Waals surface area (Å²) < 4.78 is 0. The number of carboxylic acids is 1. The SMILES string of the molecule is O=C(O)C1CCN(C(=O)CCN2CCN(C(=O)/C=C/c3ccc(Cl)c(Cl)c3)CCC2=O)CC1. The van der Waals surface area contributed by atoms with Crippen molar-refractivity contribution in [2.75, 3.05) is 39.3 Å². The fraction of sp³-hybridized carbons (Fsp3) is 0.478. The maximum Gasteiger partial charge on any atom is 0.306 e. The highest BCUT2D eigenvalue weighted by Crippen LogP contribution is 2.23. The number of nitrogens with zero attached hydrogens (tertiary/aromatic N) is 3. The van der Waals surface area contributed by atoms with Crippen LogP contribution < -0.4 is 0 Å². The van der Waals surface area contributed by atoms with Crippen LogP contribution in [-0.2, 0) is 19.2 Å². The van der Waals surface area contributed by atoms with Crippen molar-refractivity contribution in [1.82, 2.24) is 14.7 Å². The molecule has 8 nitrogen and oxygen atoms in total. The number of benzene rings is 1. The standard InChI is InChI=1S/C23H27Cl2N3O5/c24-18-3-1-16(15-19(18)25)2-4-20(29)27-11-8-22(31)28(14-13-27)12-7-21(30)26-9-5-17(6-10-26)23(32)33/h1-4,15,17H,5-14H2,(H,32,33)/b4-2+. The first-order valence-corrected chi connectivity index (χ1v) is 11.7. The van der Waals surface area contributed by atoms with E-state index < -0.39 is 11.9 Å². The highest BCUT2D eigenvalue weighted by atomic mass is 35.5. The molecule has 0 saturated carbocycles. The molecule has 1 N–H and O–H groups in total. The number of carbonyl (C=O) groups is 4. The molecule has 2 heterocycles. The third kappa shape index (κ3) is 6.95. The minimum atomic E-state index is -0.817. The normalized spacial score (nSPS) is 18.0. The first-order chi connectivity index (χ1) is 15.7. The Kier molecular flexibility index (Phi) is 8.74. The molecule has 0 bridgehead atoms. The van der Waals surface area contributed by atoms with Crippen LogP contribution in [0, 0.1) is 5.92 Å². The van der Waals surface area contributed by atoms with E-state index in [1.54, 1.807) is 39.0 Å². The van der Waals surface area contributed by atoms with Gasteiger partial charge in [0.2, 0.25) is 17.7 Å². The Morgan fingerprint density at radius 1 is 1.00 bits per heavy atom. The van der Waals surface area contributed by atoms with Crippen LogP contribution in [0.1, 0.15) is 31.2 Å². The lowest BCUT2D eigenvalue weighted by Gasteiger charge is -2.31. The van der Waals surface area contributed by atoms with Gasteiger partial charge < -0.3 is 19.8 Å². The molecule has 2 fully saturated rings. The molecule has 0 unspecified atom stereocenters. The first-order valence-electron chi connectivity index (χ1n) is 10.9. The second kappa shape index (κ2) is 11.5. The van der Waals surface area contributed by atoms with Crippen LogP contribution in [0.4, 0.5) is 0 Å². The van der Waals surface area contributed by atoms with Crippen molar-refractivity contribution < 1.29 is 24.3 Å². The van der Waals surface area contributed by atoms with Crippen LogP contribution in [0.3, 0.4) is 0 Å². The molecular formula is C23H27Cl2N3O5. The number of halogens is 2.